The molecule has 1 aromatic heterocycles. The van der Waals surface area contributed by atoms with Gasteiger partial charge in [-0.15, -0.1) is 0 Å². The molecular weight excluding hydrogens is 366 g/mol. The number of amides is 1. The standard InChI is InChI=1S/C20H22ClN3O3/c1-12-18(22-19(25)16-5-3-4-6-17(16)20(26)27)13(2)24(23-12)11-14-7-9-15(21)10-8-14/h3-4,7-10,16-17H,5-6,11H2,1-2H3,(H,22,25)(H,26,27)/p-1/t16-,17-/m0/s1. The van der Waals surface area contributed by atoms with E-state index in [0.29, 0.717) is 35.8 Å². The van der Waals surface area contributed by atoms with Crippen LogP contribution in [-0.2, 0) is 16.1 Å². The average Bonchev–Trinajstić information content (AvgIpc) is 2.91. The minimum atomic E-state index is -1.19. The van der Waals surface area contributed by atoms with Gasteiger partial charge < -0.3 is 15.2 Å². The van der Waals surface area contributed by atoms with E-state index in [1.54, 1.807) is 6.08 Å². The molecule has 1 aromatic carbocycles. The molecule has 1 heterocycles. The second-order valence-corrected chi connectivity index (χ2v) is 7.23. The summed E-state index contributed by atoms with van der Waals surface area (Å²) >= 11 is 5.92. The smallest absolute Gasteiger partial charge is 0.228 e. The highest BCUT2D eigenvalue weighted by Crippen LogP contribution is 2.28. The zero-order valence-corrected chi connectivity index (χ0v) is 16.0. The fourth-order valence-corrected chi connectivity index (χ4v) is 3.50. The summed E-state index contributed by atoms with van der Waals surface area (Å²) in [5.74, 6) is -2.95. The molecule has 3 rings (SSSR count). The third-order valence-corrected chi connectivity index (χ3v) is 5.20. The van der Waals surface area contributed by atoms with E-state index in [1.807, 2.05) is 48.9 Å². The molecule has 142 valence electrons. The molecule has 1 N–H and O–H groups in total. The third kappa shape index (κ3) is 4.22. The van der Waals surface area contributed by atoms with Crippen LogP contribution < -0.4 is 10.4 Å². The number of carboxylic acid groups (broad SMARTS) is 1. The van der Waals surface area contributed by atoms with Gasteiger partial charge in [0.25, 0.3) is 0 Å². The Bertz CT molecular complexity index is 887. The Kier molecular flexibility index (Phi) is 5.65. The molecule has 6 nitrogen and oxygen atoms in total. The lowest BCUT2D eigenvalue weighted by atomic mass is 9.82. The summed E-state index contributed by atoms with van der Waals surface area (Å²) in [5.41, 5.74) is 3.16. The number of anilines is 1. The van der Waals surface area contributed by atoms with Crippen molar-refractivity contribution in [2.45, 2.75) is 33.2 Å². The summed E-state index contributed by atoms with van der Waals surface area (Å²) in [6, 6.07) is 7.50. The van der Waals surface area contributed by atoms with Gasteiger partial charge >= 0.3 is 0 Å². The maximum Gasteiger partial charge on any atom is 0.228 e. The number of halogens is 1. The fraction of sp³-hybridized carbons (Fsp3) is 0.350. The van der Waals surface area contributed by atoms with E-state index in [0.717, 1.165) is 11.3 Å². The van der Waals surface area contributed by atoms with Crippen LogP contribution in [0.4, 0.5) is 5.69 Å². The number of carbonyl (C=O) groups excluding carboxylic acids is 2. The Morgan fingerprint density at radius 3 is 2.44 bits per heavy atom. The molecule has 2 atom stereocenters. The van der Waals surface area contributed by atoms with E-state index in [2.05, 4.69) is 10.4 Å². The predicted octanol–water partition coefficient (Wildman–Crippen LogP) is 2.47. The van der Waals surface area contributed by atoms with Crippen LogP contribution in [0.3, 0.4) is 0 Å². The predicted molar refractivity (Wildman–Crippen MR) is 101 cm³/mol. The van der Waals surface area contributed by atoms with Crippen LogP contribution in [0.15, 0.2) is 36.4 Å². The molecule has 0 fully saturated rings. The summed E-state index contributed by atoms with van der Waals surface area (Å²) in [6.45, 7) is 4.24. The molecule has 0 saturated carbocycles. The Hall–Kier alpha value is -2.60. The Morgan fingerprint density at radius 2 is 1.81 bits per heavy atom. The van der Waals surface area contributed by atoms with Gasteiger partial charge in [-0.3, -0.25) is 9.48 Å². The second kappa shape index (κ2) is 7.96. The number of rotatable bonds is 5. The summed E-state index contributed by atoms with van der Waals surface area (Å²) in [5, 5.41) is 19.4. The monoisotopic (exact) mass is 386 g/mol. The van der Waals surface area contributed by atoms with E-state index in [4.69, 9.17) is 11.6 Å². The van der Waals surface area contributed by atoms with Crippen LogP contribution in [0.1, 0.15) is 29.8 Å². The number of hydrogen-bond acceptors (Lipinski definition) is 4. The number of benzene rings is 1. The van der Waals surface area contributed by atoms with Crippen molar-refractivity contribution in [3.8, 4) is 0 Å². The lowest BCUT2D eigenvalue weighted by molar-refractivity contribution is -0.313. The topological polar surface area (TPSA) is 87.0 Å². The van der Waals surface area contributed by atoms with Crippen molar-refractivity contribution in [3.05, 3.63) is 58.4 Å². The average molecular weight is 387 g/mol. The van der Waals surface area contributed by atoms with Gasteiger partial charge in [0, 0.05) is 16.9 Å². The van der Waals surface area contributed by atoms with Crippen molar-refractivity contribution in [2.75, 3.05) is 5.32 Å². The second-order valence-electron chi connectivity index (χ2n) is 6.79. The van der Waals surface area contributed by atoms with Gasteiger partial charge in [0.15, 0.2) is 0 Å². The van der Waals surface area contributed by atoms with E-state index < -0.39 is 17.8 Å². The van der Waals surface area contributed by atoms with Crippen LogP contribution >= 0.6 is 11.6 Å². The Balaban J connectivity index is 1.78. The highest BCUT2D eigenvalue weighted by molar-refractivity contribution is 6.30. The number of nitrogens with one attached hydrogen (secondary N) is 1. The first-order chi connectivity index (χ1) is 12.9. The minimum absolute atomic E-state index is 0.314. The molecule has 1 aliphatic rings. The van der Waals surface area contributed by atoms with Crippen LogP contribution in [0.5, 0.6) is 0 Å². The summed E-state index contributed by atoms with van der Waals surface area (Å²) in [7, 11) is 0. The van der Waals surface area contributed by atoms with Crippen LogP contribution in [0, 0.1) is 25.7 Å². The molecule has 1 amide bonds. The highest BCUT2D eigenvalue weighted by atomic mass is 35.5. The molecule has 27 heavy (non-hydrogen) atoms. The van der Waals surface area contributed by atoms with Crippen molar-refractivity contribution in [1.29, 1.82) is 0 Å². The number of aromatic nitrogens is 2. The fourth-order valence-electron chi connectivity index (χ4n) is 3.37. The number of aliphatic carboxylic acids is 1. The normalized spacial score (nSPS) is 19.1. The van der Waals surface area contributed by atoms with Crippen LogP contribution in [0.2, 0.25) is 5.02 Å². The summed E-state index contributed by atoms with van der Waals surface area (Å²) in [6.07, 6.45) is 4.33. The zero-order valence-electron chi connectivity index (χ0n) is 15.2. The molecule has 0 unspecified atom stereocenters. The summed E-state index contributed by atoms with van der Waals surface area (Å²) < 4.78 is 1.81. The van der Waals surface area contributed by atoms with Crippen molar-refractivity contribution in [3.63, 3.8) is 0 Å². The lowest BCUT2D eigenvalue weighted by Gasteiger charge is -2.28. The van der Waals surface area contributed by atoms with E-state index in [-0.39, 0.29) is 5.91 Å². The molecule has 0 aliphatic heterocycles. The molecule has 0 spiro atoms. The van der Waals surface area contributed by atoms with Gasteiger partial charge in [-0.2, -0.15) is 5.10 Å². The van der Waals surface area contributed by atoms with E-state index in [9.17, 15) is 14.7 Å². The van der Waals surface area contributed by atoms with E-state index in [1.165, 1.54) is 0 Å². The Morgan fingerprint density at radius 1 is 1.19 bits per heavy atom. The zero-order chi connectivity index (χ0) is 19.6. The van der Waals surface area contributed by atoms with Gasteiger partial charge in [0.2, 0.25) is 5.91 Å². The first-order valence-corrected chi connectivity index (χ1v) is 9.19. The number of hydrogen-bond donors (Lipinski definition) is 1. The first kappa shape index (κ1) is 19.2. The van der Waals surface area contributed by atoms with Crippen LogP contribution in [-0.4, -0.2) is 21.7 Å². The highest BCUT2D eigenvalue weighted by Gasteiger charge is 2.30. The number of carboxylic acids is 1. The Labute approximate surface area is 162 Å². The number of carbonyl (C=O) groups is 2. The molecular formula is C20H21ClN3O3-. The first-order valence-electron chi connectivity index (χ1n) is 8.82. The van der Waals surface area contributed by atoms with Gasteiger partial charge in [-0.05, 0) is 44.4 Å². The maximum atomic E-state index is 12.7. The quantitative estimate of drug-likeness (QED) is 0.799. The summed E-state index contributed by atoms with van der Waals surface area (Å²) in [4.78, 5) is 24.0. The largest absolute Gasteiger partial charge is 0.550 e. The molecule has 7 heteroatoms. The van der Waals surface area contributed by atoms with Gasteiger partial charge in [-0.1, -0.05) is 35.9 Å². The number of allylic oxidation sites excluding steroid dienone is 2. The molecule has 0 bridgehead atoms. The van der Waals surface area contributed by atoms with Gasteiger partial charge in [0.05, 0.1) is 29.5 Å². The van der Waals surface area contributed by atoms with Crippen LogP contribution in [0.25, 0.3) is 0 Å². The van der Waals surface area contributed by atoms with Crippen molar-refractivity contribution < 1.29 is 14.7 Å². The number of nitrogens with zero attached hydrogens (tertiary/aromatic N) is 2. The van der Waals surface area contributed by atoms with Gasteiger partial charge in [-0.25, -0.2) is 0 Å². The van der Waals surface area contributed by atoms with Gasteiger partial charge in [0.1, 0.15) is 0 Å². The molecule has 0 radical (unpaired) electrons. The minimum Gasteiger partial charge on any atom is -0.550 e. The third-order valence-electron chi connectivity index (χ3n) is 4.95. The number of aryl methyl sites for hydroxylation is 1. The molecule has 2 aromatic rings. The van der Waals surface area contributed by atoms with E-state index >= 15 is 0 Å². The van der Waals surface area contributed by atoms with Crippen molar-refractivity contribution in [1.82, 2.24) is 9.78 Å². The maximum absolute atomic E-state index is 12.7. The molecule has 1 aliphatic carbocycles. The molecule has 0 saturated heterocycles. The van der Waals surface area contributed by atoms with Crippen molar-refractivity contribution >= 4 is 29.2 Å². The lowest BCUT2D eigenvalue weighted by Crippen LogP contribution is -2.41. The SMILES string of the molecule is Cc1nn(Cc2ccc(Cl)cc2)c(C)c1NC(=O)[C@H]1CC=CC[C@@H]1C(=O)[O-]. The van der Waals surface area contributed by atoms with Crippen molar-refractivity contribution in [2.24, 2.45) is 11.8 Å².